The minimum Gasteiger partial charge on any atom is -0.316 e. The van der Waals surface area contributed by atoms with Gasteiger partial charge in [-0.15, -0.1) is 0 Å². The van der Waals surface area contributed by atoms with E-state index in [0.717, 1.165) is 11.3 Å². The Bertz CT molecular complexity index is 280. The van der Waals surface area contributed by atoms with E-state index < -0.39 is 0 Å². The zero-order valence-electron chi connectivity index (χ0n) is 4.55. The maximum Gasteiger partial charge on any atom is 0.304 e. The van der Waals surface area contributed by atoms with E-state index in [0.29, 0.717) is 12.1 Å². The molecule has 0 aromatic carbocycles. The number of aromatic amines is 1. The maximum atomic E-state index is 10.4. The summed E-state index contributed by atoms with van der Waals surface area (Å²) in [7, 11) is 0. The molecule has 1 aromatic rings. The minimum absolute atomic E-state index is 0.0970. The minimum atomic E-state index is -0.0970. The molecule has 1 rings (SSSR count). The van der Waals surface area contributed by atoms with E-state index in [9.17, 15) is 4.79 Å². The van der Waals surface area contributed by atoms with Gasteiger partial charge in [-0.3, -0.25) is 4.79 Å². The van der Waals surface area contributed by atoms with Crippen LogP contribution in [0, 0.1) is 11.3 Å². The second-order valence-electron chi connectivity index (χ2n) is 1.51. The third-order valence-corrected chi connectivity index (χ3v) is 1.56. The summed E-state index contributed by atoms with van der Waals surface area (Å²) in [5.41, 5.74) is 0.701. The predicted octanol–water partition coefficient (Wildman–Crippen LogP) is 0.502. The zero-order chi connectivity index (χ0) is 6.69. The number of rotatable bonds is 1. The summed E-state index contributed by atoms with van der Waals surface area (Å²) in [6.45, 7) is 0. The Morgan fingerprint density at radius 1 is 1.89 bits per heavy atom. The number of aromatic nitrogens is 1. The number of hydrogen-bond donors (Lipinski definition) is 1. The Morgan fingerprint density at radius 3 is 3.11 bits per heavy atom. The molecule has 0 spiro atoms. The van der Waals surface area contributed by atoms with Crippen molar-refractivity contribution < 1.29 is 0 Å². The van der Waals surface area contributed by atoms with Crippen LogP contribution in [-0.4, -0.2) is 4.98 Å². The Balaban J connectivity index is 2.88. The Hall–Kier alpha value is -1.08. The summed E-state index contributed by atoms with van der Waals surface area (Å²) in [5, 5.41) is 9.82. The maximum absolute atomic E-state index is 10.4. The van der Waals surface area contributed by atoms with Gasteiger partial charge in [-0.05, 0) is 0 Å². The fourth-order valence-corrected chi connectivity index (χ4v) is 1.07. The molecular weight excluding hydrogens is 136 g/mol. The molecule has 0 saturated carbocycles. The molecule has 0 aliphatic carbocycles. The molecule has 0 radical (unpaired) electrons. The first-order chi connectivity index (χ1) is 4.33. The van der Waals surface area contributed by atoms with E-state index in [1.54, 1.807) is 5.38 Å². The number of hydrogen-bond acceptors (Lipinski definition) is 3. The topological polar surface area (TPSA) is 56.6 Å². The van der Waals surface area contributed by atoms with Crippen molar-refractivity contribution in [2.75, 3.05) is 0 Å². The van der Waals surface area contributed by atoms with E-state index >= 15 is 0 Å². The molecule has 1 aromatic heterocycles. The van der Waals surface area contributed by atoms with Gasteiger partial charge in [0.15, 0.2) is 0 Å². The molecule has 1 heterocycles. The SMILES string of the molecule is N#CCc1csc(=O)[nH]1. The number of nitrogens with zero attached hydrogens (tertiary/aromatic N) is 1. The van der Waals surface area contributed by atoms with E-state index in [-0.39, 0.29) is 4.87 Å². The van der Waals surface area contributed by atoms with Gasteiger partial charge in [0, 0.05) is 11.1 Å². The summed E-state index contributed by atoms with van der Waals surface area (Å²) in [6, 6.07) is 1.93. The highest BCUT2D eigenvalue weighted by atomic mass is 32.1. The van der Waals surface area contributed by atoms with Gasteiger partial charge in [0.05, 0.1) is 12.5 Å². The van der Waals surface area contributed by atoms with Crippen LogP contribution in [0.5, 0.6) is 0 Å². The Kier molecular flexibility index (Phi) is 1.66. The lowest BCUT2D eigenvalue weighted by molar-refractivity contribution is 1.13. The van der Waals surface area contributed by atoms with E-state index in [1.165, 1.54) is 0 Å². The number of H-pyrrole nitrogens is 1. The van der Waals surface area contributed by atoms with E-state index in [2.05, 4.69) is 4.98 Å². The highest BCUT2D eigenvalue weighted by Gasteiger charge is 1.92. The molecule has 0 bridgehead atoms. The highest BCUT2D eigenvalue weighted by Crippen LogP contribution is 1.94. The number of thiazole rings is 1. The predicted molar refractivity (Wildman–Crippen MR) is 34.3 cm³/mol. The first-order valence-corrected chi connectivity index (χ1v) is 3.24. The molecule has 0 aliphatic heterocycles. The van der Waals surface area contributed by atoms with Crippen LogP contribution >= 0.6 is 11.3 Å². The molecule has 46 valence electrons. The second-order valence-corrected chi connectivity index (χ2v) is 2.35. The molecular formula is C5H4N2OS. The average molecular weight is 140 g/mol. The van der Waals surface area contributed by atoms with Crippen LogP contribution in [0.1, 0.15) is 5.69 Å². The molecule has 9 heavy (non-hydrogen) atoms. The Labute approximate surface area is 55.6 Å². The summed E-state index contributed by atoms with van der Waals surface area (Å²) >= 11 is 1.08. The van der Waals surface area contributed by atoms with Crippen molar-refractivity contribution in [2.45, 2.75) is 6.42 Å². The summed E-state index contributed by atoms with van der Waals surface area (Å²) in [5.74, 6) is 0. The van der Waals surface area contributed by atoms with Crippen LogP contribution in [0.4, 0.5) is 0 Å². The molecule has 0 amide bonds. The van der Waals surface area contributed by atoms with E-state index in [4.69, 9.17) is 5.26 Å². The quantitative estimate of drug-likeness (QED) is 0.617. The first-order valence-electron chi connectivity index (χ1n) is 2.36. The lowest BCUT2D eigenvalue weighted by atomic mass is 10.4. The van der Waals surface area contributed by atoms with Crippen LogP contribution < -0.4 is 4.87 Å². The smallest absolute Gasteiger partial charge is 0.304 e. The fraction of sp³-hybridized carbons (Fsp3) is 0.200. The van der Waals surface area contributed by atoms with E-state index in [1.807, 2.05) is 6.07 Å². The molecule has 0 aliphatic rings. The van der Waals surface area contributed by atoms with Crippen molar-refractivity contribution in [1.29, 1.82) is 5.26 Å². The average Bonchev–Trinajstić information content (AvgIpc) is 2.17. The summed E-state index contributed by atoms with van der Waals surface area (Å²) < 4.78 is 0. The lowest BCUT2D eigenvalue weighted by Crippen LogP contribution is -1.93. The standard InChI is InChI=1S/C5H4N2OS/c6-2-1-4-3-9-5(8)7-4/h3H,1H2,(H,7,8). The molecule has 4 heteroatoms. The van der Waals surface area contributed by atoms with Crippen LogP contribution in [0.3, 0.4) is 0 Å². The lowest BCUT2D eigenvalue weighted by Gasteiger charge is -1.77. The van der Waals surface area contributed by atoms with Gasteiger partial charge < -0.3 is 4.98 Å². The fourth-order valence-electron chi connectivity index (χ4n) is 0.486. The van der Waals surface area contributed by atoms with Crippen molar-refractivity contribution in [3.63, 3.8) is 0 Å². The molecule has 3 nitrogen and oxygen atoms in total. The van der Waals surface area contributed by atoms with Gasteiger partial charge in [-0.2, -0.15) is 5.26 Å². The highest BCUT2D eigenvalue weighted by molar-refractivity contribution is 7.07. The zero-order valence-corrected chi connectivity index (χ0v) is 5.36. The molecule has 0 atom stereocenters. The largest absolute Gasteiger partial charge is 0.316 e. The third-order valence-electron chi connectivity index (χ3n) is 0.840. The molecule has 0 unspecified atom stereocenters. The number of nitrogens with one attached hydrogen (secondary N) is 1. The molecule has 0 fully saturated rings. The third kappa shape index (κ3) is 1.40. The monoisotopic (exact) mass is 140 g/mol. The van der Waals surface area contributed by atoms with Crippen LogP contribution in [-0.2, 0) is 6.42 Å². The molecule has 1 N–H and O–H groups in total. The van der Waals surface area contributed by atoms with Gasteiger partial charge in [0.2, 0.25) is 0 Å². The van der Waals surface area contributed by atoms with Crippen LogP contribution in [0.25, 0.3) is 0 Å². The van der Waals surface area contributed by atoms with Crippen molar-refractivity contribution in [3.8, 4) is 6.07 Å². The van der Waals surface area contributed by atoms with Crippen molar-refractivity contribution in [2.24, 2.45) is 0 Å². The van der Waals surface area contributed by atoms with Crippen LogP contribution in [0.2, 0.25) is 0 Å². The summed E-state index contributed by atoms with van der Waals surface area (Å²) in [6.07, 6.45) is 0.290. The van der Waals surface area contributed by atoms with Crippen LogP contribution in [0.15, 0.2) is 10.2 Å². The van der Waals surface area contributed by atoms with Crippen molar-refractivity contribution in [1.82, 2.24) is 4.98 Å². The van der Waals surface area contributed by atoms with Gasteiger partial charge in [0.1, 0.15) is 0 Å². The van der Waals surface area contributed by atoms with Gasteiger partial charge >= 0.3 is 4.87 Å². The Morgan fingerprint density at radius 2 is 2.67 bits per heavy atom. The first kappa shape index (κ1) is 6.05. The van der Waals surface area contributed by atoms with Crippen molar-refractivity contribution >= 4 is 11.3 Å². The van der Waals surface area contributed by atoms with Gasteiger partial charge in [-0.1, -0.05) is 11.3 Å². The summed E-state index contributed by atoms with van der Waals surface area (Å²) in [4.78, 5) is 12.8. The van der Waals surface area contributed by atoms with Crippen molar-refractivity contribution in [3.05, 3.63) is 20.7 Å². The molecule has 0 saturated heterocycles. The second kappa shape index (κ2) is 2.46. The normalized spacial score (nSPS) is 8.78. The van der Waals surface area contributed by atoms with Gasteiger partial charge in [0.25, 0.3) is 0 Å². The number of nitriles is 1. The van der Waals surface area contributed by atoms with Gasteiger partial charge in [-0.25, -0.2) is 0 Å².